The fourth-order valence-corrected chi connectivity index (χ4v) is 2.46. The van der Waals surface area contributed by atoms with Crippen LogP contribution in [0, 0.1) is 5.92 Å². The molecule has 0 amide bonds. The minimum atomic E-state index is 0.505. The van der Waals surface area contributed by atoms with E-state index in [4.69, 9.17) is 0 Å². The van der Waals surface area contributed by atoms with Gasteiger partial charge in [-0.2, -0.15) is 5.10 Å². The molecule has 0 bridgehead atoms. The first-order chi connectivity index (χ1) is 7.07. The van der Waals surface area contributed by atoms with Crippen molar-refractivity contribution in [2.75, 3.05) is 13.1 Å². The number of aryl methyl sites for hydroxylation is 1. The second kappa shape index (κ2) is 5.66. The van der Waals surface area contributed by atoms with E-state index in [0.717, 1.165) is 17.6 Å². The fraction of sp³-hybridized carbons (Fsp3) is 0.727. The van der Waals surface area contributed by atoms with Gasteiger partial charge in [-0.1, -0.05) is 20.8 Å². The van der Waals surface area contributed by atoms with Crippen molar-refractivity contribution in [3.8, 4) is 0 Å². The van der Waals surface area contributed by atoms with Gasteiger partial charge >= 0.3 is 0 Å². The second-order valence-corrected chi connectivity index (χ2v) is 4.93. The molecule has 0 saturated carbocycles. The topological polar surface area (TPSA) is 29.9 Å². The van der Waals surface area contributed by atoms with Gasteiger partial charge in [0, 0.05) is 13.0 Å². The molecule has 15 heavy (non-hydrogen) atoms. The molecular formula is C11H20BrN3. The van der Waals surface area contributed by atoms with Crippen LogP contribution in [0.3, 0.4) is 0 Å². The number of hydrogen-bond donors (Lipinski definition) is 1. The highest BCUT2D eigenvalue weighted by molar-refractivity contribution is 9.10. The summed E-state index contributed by atoms with van der Waals surface area (Å²) >= 11 is 3.55. The third-order valence-electron chi connectivity index (χ3n) is 2.94. The van der Waals surface area contributed by atoms with Crippen molar-refractivity contribution in [2.24, 2.45) is 13.0 Å². The molecule has 0 aromatic carbocycles. The third-order valence-corrected chi connectivity index (χ3v) is 3.55. The van der Waals surface area contributed by atoms with Gasteiger partial charge in [0.25, 0.3) is 0 Å². The average molecular weight is 274 g/mol. The van der Waals surface area contributed by atoms with E-state index < -0.39 is 0 Å². The van der Waals surface area contributed by atoms with Crippen molar-refractivity contribution in [1.29, 1.82) is 0 Å². The van der Waals surface area contributed by atoms with E-state index in [-0.39, 0.29) is 0 Å². The molecule has 1 rings (SSSR count). The zero-order chi connectivity index (χ0) is 11.4. The summed E-state index contributed by atoms with van der Waals surface area (Å²) in [6.45, 7) is 8.74. The first-order valence-corrected chi connectivity index (χ1v) is 6.25. The van der Waals surface area contributed by atoms with Crippen LogP contribution in [0.4, 0.5) is 0 Å². The predicted molar refractivity (Wildman–Crippen MR) is 67.0 cm³/mol. The van der Waals surface area contributed by atoms with Gasteiger partial charge in [-0.3, -0.25) is 4.68 Å². The molecule has 0 aliphatic rings. The van der Waals surface area contributed by atoms with Gasteiger partial charge in [0.2, 0.25) is 0 Å². The normalized spacial score (nSPS) is 15.3. The standard InChI is InChI=1S/C11H20BrN3/c1-5-13-6-8(2)9(3)11-10(12)7-14-15(11)4/h7-9,13H,5-6H2,1-4H3. The lowest BCUT2D eigenvalue weighted by Gasteiger charge is -2.21. The number of nitrogens with one attached hydrogen (secondary N) is 1. The van der Waals surface area contributed by atoms with Crippen molar-refractivity contribution in [3.05, 3.63) is 16.4 Å². The molecule has 0 aliphatic carbocycles. The Morgan fingerprint density at radius 2 is 2.20 bits per heavy atom. The van der Waals surface area contributed by atoms with Crippen LogP contribution in [0.5, 0.6) is 0 Å². The first kappa shape index (κ1) is 12.7. The quantitative estimate of drug-likeness (QED) is 0.894. The molecule has 0 saturated heterocycles. The number of rotatable bonds is 5. The lowest BCUT2D eigenvalue weighted by atomic mass is 9.93. The van der Waals surface area contributed by atoms with Gasteiger partial charge in [-0.05, 0) is 34.9 Å². The SMILES string of the molecule is CCNCC(C)C(C)c1c(Br)cnn1C. The van der Waals surface area contributed by atoms with Crippen LogP contribution in [0.15, 0.2) is 10.7 Å². The number of nitrogens with zero attached hydrogens (tertiary/aromatic N) is 2. The van der Waals surface area contributed by atoms with Gasteiger partial charge in [0.1, 0.15) is 0 Å². The Kier molecular flexibility index (Phi) is 4.80. The molecule has 4 heteroatoms. The van der Waals surface area contributed by atoms with E-state index >= 15 is 0 Å². The molecule has 3 nitrogen and oxygen atoms in total. The minimum absolute atomic E-state index is 0.505. The molecular weight excluding hydrogens is 254 g/mol. The molecule has 1 heterocycles. The Balaban J connectivity index is 2.71. The molecule has 2 atom stereocenters. The molecule has 86 valence electrons. The zero-order valence-electron chi connectivity index (χ0n) is 9.92. The second-order valence-electron chi connectivity index (χ2n) is 4.07. The molecule has 2 unspecified atom stereocenters. The zero-order valence-corrected chi connectivity index (χ0v) is 11.5. The van der Waals surface area contributed by atoms with Crippen LogP contribution in [0.2, 0.25) is 0 Å². The summed E-state index contributed by atoms with van der Waals surface area (Å²) in [6, 6.07) is 0. The highest BCUT2D eigenvalue weighted by Crippen LogP contribution is 2.29. The van der Waals surface area contributed by atoms with Gasteiger partial charge < -0.3 is 5.32 Å². The van der Waals surface area contributed by atoms with Crippen molar-refractivity contribution in [3.63, 3.8) is 0 Å². The van der Waals surface area contributed by atoms with Crippen LogP contribution >= 0.6 is 15.9 Å². The molecule has 0 radical (unpaired) electrons. The minimum Gasteiger partial charge on any atom is -0.317 e. The monoisotopic (exact) mass is 273 g/mol. The predicted octanol–water partition coefficient (Wildman–Crippen LogP) is 2.53. The first-order valence-electron chi connectivity index (χ1n) is 5.46. The molecule has 0 spiro atoms. The highest BCUT2D eigenvalue weighted by atomic mass is 79.9. The van der Waals surface area contributed by atoms with Crippen molar-refractivity contribution < 1.29 is 0 Å². The lowest BCUT2D eigenvalue weighted by molar-refractivity contribution is 0.433. The largest absolute Gasteiger partial charge is 0.317 e. The van der Waals surface area contributed by atoms with Gasteiger partial charge in [-0.15, -0.1) is 0 Å². The summed E-state index contributed by atoms with van der Waals surface area (Å²) in [5.41, 5.74) is 1.28. The van der Waals surface area contributed by atoms with Crippen molar-refractivity contribution >= 4 is 15.9 Å². The molecule has 1 N–H and O–H groups in total. The summed E-state index contributed by atoms with van der Waals surface area (Å²) in [7, 11) is 2.00. The van der Waals surface area contributed by atoms with Gasteiger partial charge in [0.15, 0.2) is 0 Å². The molecule has 0 aliphatic heterocycles. The van der Waals surface area contributed by atoms with Crippen molar-refractivity contribution in [2.45, 2.75) is 26.7 Å². The Morgan fingerprint density at radius 1 is 1.53 bits per heavy atom. The molecule has 0 fully saturated rings. The van der Waals surface area contributed by atoms with E-state index in [1.165, 1.54) is 5.69 Å². The average Bonchev–Trinajstić information content (AvgIpc) is 2.54. The summed E-state index contributed by atoms with van der Waals surface area (Å²) in [5.74, 6) is 1.11. The Bertz CT molecular complexity index is 289. The summed E-state index contributed by atoms with van der Waals surface area (Å²) < 4.78 is 3.07. The molecule has 1 aromatic rings. The fourth-order valence-electron chi connectivity index (χ4n) is 1.75. The van der Waals surface area contributed by atoms with Gasteiger partial charge in [0.05, 0.1) is 16.4 Å². The van der Waals surface area contributed by atoms with Crippen LogP contribution in [0.1, 0.15) is 32.4 Å². The van der Waals surface area contributed by atoms with Crippen LogP contribution in [-0.2, 0) is 7.05 Å². The van der Waals surface area contributed by atoms with Gasteiger partial charge in [-0.25, -0.2) is 0 Å². The van der Waals surface area contributed by atoms with Crippen molar-refractivity contribution in [1.82, 2.24) is 15.1 Å². The Hall–Kier alpha value is -0.350. The van der Waals surface area contributed by atoms with E-state index in [1.54, 1.807) is 0 Å². The Labute approximate surface area is 100 Å². The third kappa shape index (κ3) is 3.05. The maximum Gasteiger partial charge on any atom is 0.0635 e. The van der Waals surface area contributed by atoms with E-state index in [1.807, 2.05) is 17.9 Å². The number of aromatic nitrogens is 2. The maximum atomic E-state index is 4.25. The smallest absolute Gasteiger partial charge is 0.0635 e. The van der Waals surface area contributed by atoms with Crippen LogP contribution in [-0.4, -0.2) is 22.9 Å². The number of hydrogen-bond acceptors (Lipinski definition) is 2. The van der Waals surface area contributed by atoms with Crippen LogP contribution < -0.4 is 5.32 Å². The summed E-state index contributed by atoms with van der Waals surface area (Å²) in [4.78, 5) is 0. The lowest BCUT2D eigenvalue weighted by Crippen LogP contribution is -2.25. The van der Waals surface area contributed by atoms with E-state index in [2.05, 4.69) is 47.1 Å². The summed E-state index contributed by atoms with van der Waals surface area (Å²) in [5, 5.41) is 7.63. The number of halogens is 1. The molecule has 1 aromatic heterocycles. The van der Waals surface area contributed by atoms with Crippen LogP contribution in [0.25, 0.3) is 0 Å². The maximum absolute atomic E-state index is 4.25. The van der Waals surface area contributed by atoms with E-state index in [0.29, 0.717) is 11.8 Å². The highest BCUT2D eigenvalue weighted by Gasteiger charge is 2.19. The summed E-state index contributed by atoms with van der Waals surface area (Å²) in [6.07, 6.45) is 1.87. The van der Waals surface area contributed by atoms with E-state index in [9.17, 15) is 0 Å². The Morgan fingerprint density at radius 3 is 2.67 bits per heavy atom.